The molecule has 0 bridgehead atoms. The van der Waals surface area contributed by atoms with E-state index in [4.69, 9.17) is 11.6 Å². The fourth-order valence-corrected chi connectivity index (χ4v) is 1.32. The minimum Gasteiger partial charge on any atom is -0.767 e. The second-order valence-corrected chi connectivity index (χ2v) is 2.94. The van der Waals surface area contributed by atoms with E-state index in [2.05, 4.69) is 5.10 Å². The highest BCUT2D eigenvalue weighted by molar-refractivity contribution is 7.79. The minimum atomic E-state index is -2.25. The average Bonchev–Trinajstić information content (AvgIpc) is 2.10. The lowest BCUT2D eigenvalue weighted by Gasteiger charge is -2.02. The van der Waals surface area contributed by atoms with Gasteiger partial charge in [-0.25, -0.2) is 0 Å². The summed E-state index contributed by atoms with van der Waals surface area (Å²) in [5.41, 5.74) is 0. The molecule has 0 aliphatic carbocycles. The fourth-order valence-electron chi connectivity index (χ4n) is 0.573. The topological polar surface area (TPSA) is 58.0 Å². The summed E-state index contributed by atoms with van der Waals surface area (Å²) in [4.78, 5) is 0. The minimum absolute atomic E-state index is 0.0880. The predicted octanol–water partition coefficient (Wildman–Crippen LogP) is 0.312. The summed E-state index contributed by atoms with van der Waals surface area (Å²) in [6.45, 7) is 0. The number of aromatic nitrogens is 2. The van der Waals surface area contributed by atoms with E-state index in [0.717, 1.165) is 0 Å². The van der Waals surface area contributed by atoms with E-state index < -0.39 is 11.1 Å². The van der Waals surface area contributed by atoms with E-state index in [1.54, 1.807) is 0 Å². The molecule has 0 saturated heterocycles. The third kappa shape index (κ3) is 1.36. The number of rotatable bonds is 1. The van der Waals surface area contributed by atoms with Crippen molar-refractivity contribution >= 4 is 22.7 Å². The maximum Gasteiger partial charge on any atom is 0.152 e. The Hall–Kier alpha value is -0.390. The van der Waals surface area contributed by atoms with Gasteiger partial charge < -0.3 is 4.55 Å². The van der Waals surface area contributed by atoms with Crippen molar-refractivity contribution in [2.24, 2.45) is 7.05 Å². The van der Waals surface area contributed by atoms with Crippen molar-refractivity contribution in [3.63, 3.8) is 0 Å². The number of hydrogen-bond donors (Lipinski definition) is 0. The van der Waals surface area contributed by atoms with Gasteiger partial charge in [0.15, 0.2) is 5.15 Å². The third-order valence-corrected chi connectivity index (χ3v) is 1.89. The summed E-state index contributed by atoms with van der Waals surface area (Å²) in [7, 11) is 1.51. The first-order chi connectivity index (χ1) is 4.61. The van der Waals surface area contributed by atoms with E-state index in [9.17, 15) is 8.76 Å². The largest absolute Gasteiger partial charge is 0.767 e. The fraction of sp³-hybridized carbons (Fsp3) is 0.250. The molecule has 1 rings (SSSR count). The zero-order valence-corrected chi connectivity index (χ0v) is 6.65. The van der Waals surface area contributed by atoms with Crippen molar-refractivity contribution in [1.82, 2.24) is 9.78 Å². The second-order valence-electron chi connectivity index (χ2n) is 1.66. The van der Waals surface area contributed by atoms with Crippen molar-refractivity contribution in [3.8, 4) is 0 Å². The molecule has 1 atom stereocenters. The second kappa shape index (κ2) is 2.69. The number of hydrogen-bond acceptors (Lipinski definition) is 3. The zero-order chi connectivity index (χ0) is 7.72. The normalized spacial score (nSPS) is 13.5. The molecule has 6 heteroatoms. The summed E-state index contributed by atoms with van der Waals surface area (Å²) in [6, 6.07) is 1.28. The van der Waals surface area contributed by atoms with E-state index in [0.29, 0.717) is 0 Å². The van der Waals surface area contributed by atoms with Gasteiger partial charge in [0.25, 0.3) is 0 Å². The Labute approximate surface area is 65.1 Å². The Morgan fingerprint density at radius 1 is 1.90 bits per heavy atom. The van der Waals surface area contributed by atoms with Gasteiger partial charge >= 0.3 is 0 Å². The van der Waals surface area contributed by atoms with Crippen LogP contribution in [0.5, 0.6) is 0 Å². The Morgan fingerprint density at radius 2 is 2.50 bits per heavy atom. The lowest BCUT2D eigenvalue weighted by atomic mass is 10.7. The van der Waals surface area contributed by atoms with E-state index in [1.807, 2.05) is 0 Å². The highest BCUT2D eigenvalue weighted by Crippen LogP contribution is 2.10. The average molecular weight is 180 g/mol. The van der Waals surface area contributed by atoms with Gasteiger partial charge in [-0.2, -0.15) is 5.10 Å². The molecule has 0 fully saturated rings. The number of nitrogens with zero attached hydrogens (tertiary/aromatic N) is 2. The lowest BCUT2D eigenvalue weighted by Crippen LogP contribution is -1.99. The molecule has 1 unspecified atom stereocenters. The van der Waals surface area contributed by atoms with Gasteiger partial charge in [0.05, 0.1) is 0 Å². The molecule has 0 amide bonds. The van der Waals surface area contributed by atoms with Gasteiger partial charge in [-0.3, -0.25) is 8.89 Å². The monoisotopic (exact) mass is 179 g/mol. The molecule has 0 aliphatic rings. The molecule has 4 nitrogen and oxygen atoms in total. The molecule has 1 aromatic heterocycles. The summed E-state index contributed by atoms with van der Waals surface area (Å²) < 4.78 is 21.8. The van der Waals surface area contributed by atoms with Crippen LogP contribution >= 0.6 is 11.6 Å². The van der Waals surface area contributed by atoms with Crippen LogP contribution in [-0.2, 0) is 18.1 Å². The molecule has 0 aromatic carbocycles. The third-order valence-electron chi connectivity index (χ3n) is 0.978. The van der Waals surface area contributed by atoms with Crippen molar-refractivity contribution in [3.05, 3.63) is 11.2 Å². The Bertz CT molecular complexity index is 272. The van der Waals surface area contributed by atoms with Crippen molar-refractivity contribution in [2.75, 3.05) is 0 Å². The van der Waals surface area contributed by atoms with E-state index >= 15 is 0 Å². The van der Waals surface area contributed by atoms with Crippen LogP contribution in [0.1, 0.15) is 0 Å². The van der Waals surface area contributed by atoms with Crippen LogP contribution in [0.25, 0.3) is 0 Å². The predicted molar refractivity (Wildman–Crippen MR) is 35.4 cm³/mol. The molecular formula is C4H4ClN2O2S-. The van der Waals surface area contributed by atoms with Crippen LogP contribution in [0.15, 0.2) is 11.1 Å². The molecule has 0 radical (unpaired) electrons. The first-order valence-corrected chi connectivity index (χ1v) is 3.85. The SMILES string of the molecule is Cn1nc(Cl)cc1S(=O)[O-]. The quantitative estimate of drug-likeness (QED) is 0.583. The van der Waals surface area contributed by atoms with Crippen LogP contribution in [0, 0.1) is 0 Å². The van der Waals surface area contributed by atoms with Gasteiger partial charge in [0.2, 0.25) is 0 Å². The summed E-state index contributed by atoms with van der Waals surface area (Å²) >= 11 is 3.15. The van der Waals surface area contributed by atoms with E-state index in [1.165, 1.54) is 17.8 Å². The van der Waals surface area contributed by atoms with Gasteiger partial charge in [-0.15, -0.1) is 0 Å². The van der Waals surface area contributed by atoms with Crippen molar-refractivity contribution in [1.29, 1.82) is 0 Å². The highest BCUT2D eigenvalue weighted by atomic mass is 35.5. The Morgan fingerprint density at radius 3 is 2.70 bits per heavy atom. The van der Waals surface area contributed by atoms with E-state index in [-0.39, 0.29) is 10.2 Å². The lowest BCUT2D eigenvalue weighted by molar-refractivity contribution is 0.523. The molecule has 56 valence electrons. The maximum atomic E-state index is 10.3. The van der Waals surface area contributed by atoms with Crippen LogP contribution in [0.2, 0.25) is 5.15 Å². The number of aryl methyl sites for hydroxylation is 1. The Kier molecular flexibility index (Phi) is 2.08. The molecule has 0 N–H and O–H groups in total. The zero-order valence-electron chi connectivity index (χ0n) is 5.07. The van der Waals surface area contributed by atoms with Crippen molar-refractivity contribution in [2.45, 2.75) is 5.03 Å². The molecule has 1 heterocycles. The van der Waals surface area contributed by atoms with Crippen LogP contribution < -0.4 is 0 Å². The smallest absolute Gasteiger partial charge is 0.152 e. The molecule has 1 aromatic rings. The molecule has 10 heavy (non-hydrogen) atoms. The maximum absolute atomic E-state index is 10.3. The van der Waals surface area contributed by atoms with Gasteiger partial charge in [0, 0.05) is 13.1 Å². The highest BCUT2D eigenvalue weighted by Gasteiger charge is 2.01. The summed E-state index contributed by atoms with van der Waals surface area (Å²) in [5.74, 6) is 0. The van der Waals surface area contributed by atoms with Crippen LogP contribution in [0.3, 0.4) is 0 Å². The standard InChI is InChI=1S/C4H5ClN2O2S/c1-7-4(10(8)9)2-3(5)6-7/h2H,1H3,(H,8,9)/p-1. The van der Waals surface area contributed by atoms with Crippen LogP contribution in [-0.4, -0.2) is 18.5 Å². The van der Waals surface area contributed by atoms with Crippen LogP contribution in [0.4, 0.5) is 0 Å². The Balaban J connectivity index is 3.15. The first-order valence-electron chi connectivity index (χ1n) is 2.40. The van der Waals surface area contributed by atoms with Crippen molar-refractivity contribution < 1.29 is 8.76 Å². The van der Waals surface area contributed by atoms with Gasteiger partial charge in [0.1, 0.15) is 5.03 Å². The number of halogens is 1. The summed E-state index contributed by atoms with van der Waals surface area (Å²) in [5, 5.41) is 3.89. The molecular weight excluding hydrogens is 176 g/mol. The summed E-state index contributed by atoms with van der Waals surface area (Å²) in [6.07, 6.45) is 0. The van der Waals surface area contributed by atoms with Gasteiger partial charge in [-0.05, 0) is 11.1 Å². The first kappa shape index (κ1) is 7.71. The molecule has 0 saturated carbocycles. The van der Waals surface area contributed by atoms with Gasteiger partial charge in [-0.1, -0.05) is 11.6 Å². The molecule has 0 spiro atoms. The molecule has 0 aliphatic heterocycles.